The Hall–Kier alpha value is -5.03. The normalized spacial score (nSPS) is 28.4. The van der Waals surface area contributed by atoms with Gasteiger partial charge >= 0.3 is 0 Å². The maximum atomic E-state index is 13.9. The van der Waals surface area contributed by atoms with E-state index in [-0.39, 0.29) is 66.1 Å². The number of hydrogen-bond acceptors (Lipinski definition) is 30. The topological polar surface area (TPSA) is 487 Å². The smallest absolute Gasteiger partial charge is 0.280 e. The maximum absolute atomic E-state index is 13.9. The molecule has 0 spiro atoms. The summed E-state index contributed by atoms with van der Waals surface area (Å²) in [6.07, 6.45) is -7.24. The van der Waals surface area contributed by atoms with Gasteiger partial charge < -0.3 is 88.2 Å². The first kappa shape index (κ1) is 54.7. The molecule has 0 bridgehead atoms. The van der Waals surface area contributed by atoms with E-state index >= 15 is 0 Å². The number of methoxy groups -OCH3 is 2. The number of ether oxygens (including phenoxy) is 4. The van der Waals surface area contributed by atoms with Gasteiger partial charge in [0.05, 0.1) is 50.9 Å². The molecule has 9 rings (SSSR count). The van der Waals surface area contributed by atoms with E-state index in [2.05, 4.69) is 39.9 Å². The number of aliphatic hydroxyl groups excluding tert-OH is 2. The number of phosphoric acid groups is 3. The minimum absolute atomic E-state index is 0.0381. The Morgan fingerprint density at radius 2 is 1.31 bits per heavy atom. The van der Waals surface area contributed by atoms with E-state index in [1.807, 2.05) is 6.08 Å². The van der Waals surface area contributed by atoms with Gasteiger partial charge in [0.25, 0.3) is 34.6 Å². The quantitative estimate of drug-likeness (QED) is 0.0243. The molecule has 410 valence electrons. The SMILES string of the molecule is CO[C@H]1C(OP(=O)([O-])OC[C@H]2CN(CC3=CCc4c(N)ncnc43)CC2OP(=O)([O-])OC[C@H]2O[C@@H](n3cnc4c(=O)[nH]c(N)nc43)[C@@H](OC)C2OP(=O)([O-])OCCCO)[C@@H](CO)O[C@H]1n1cnc2c(=O)[nH]c(N)nc21. The largest absolute Gasteiger partial charge is 0.756 e. The lowest BCUT2D eigenvalue weighted by atomic mass is 10.1. The van der Waals surface area contributed by atoms with Gasteiger partial charge in [-0.2, -0.15) is 9.97 Å². The van der Waals surface area contributed by atoms with E-state index in [9.17, 15) is 48.2 Å². The second kappa shape index (κ2) is 22.1. The molecule has 3 fully saturated rings. The van der Waals surface area contributed by atoms with Crippen LogP contribution >= 0.6 is 23.5 Å². The first-order valence-electron chi connectivity index (χ1n) is 22.7. The standard InChI is InChI=1S/C38H53N14O20P3/c1-63-28-26(21(11-54)68-35(28)51-15-44-24-31(51)46-37(40)48-33(24)55)71-75(61,62)66-12-18-9-50(8-17-4-5-19-23(17)42-14-43-30(19)39)10-20(18)70-74(59,60)67-13-22-27(72-73(57,58)65-7-3-6-53)29(64-2)36(69-22)52-16-45-25-32(52)47-38(41)49-34(25)56/h4,14-16,18,20-22,26-29,35-36,53-54H,3,5-13H2,1-2H3,(H,57,58)(H,59,60)(H,61,62)(H2,39,42,43)(H3,40,46,48,55)(H3,41,47,49,56)/p-3/t18-,20?,21-,22-,26?,27?,28+,29+,35-,36-/m1/s1. The number of nitrogens with one attached hydrogen (secondary N) is 2. The number of aromatic amines is 2. The van der Waals surface area contributed by atoms with Crippen molar-refractivity contribution in [1.82, 2.24) is 53.9 Å². The zero-order valence-electron chi connectivity index (χ0n) is 39.5. The number of nitrogens with two attached hydrogens (primary N) is 3. The molecule has 6 unspecified atom stereocenters. The Morgan fingerprint density at radius 1 is 0.747 bits per heavy atom. The molecule has 10 N–H and O–H groups in total. The summed E-state index contributed by atoms with van der Waals surface area (Å²) in [6.45, 7) is -3.45. The lowest BCUT2D eigenvalue weighted by Gasteiger charge is -2.33. The number of anilines is 3. The third-order valence-electron chi connectivity index (χ3n) is 12.6. The van der Waals surface area contributed by atoms with Crippen LogP contribution in [-0.2, 0) is 66.2 Å². The summed E-state index contributed by atoms with van der Waals surface area (Å²) in [5.74, 6) is -1.35. The molecule has 0 amide bonds. The molecule has 34 nitrogen and oxygen atoms in total. The van der Waals surface area contributed by atoms with E-state index < -0.39 is 129 Å². The number of aromatic nitrogens is 10. The van der Waals surface area contributed by atoms with Crippen LogP contribution in [0.25, 0.3) is 27.9 Å². The van der Waals surface area contributed by atoms with Crippen molar-refractivity contribution in [2.75, 3.05) is 84.1 Å². The number of allylic oxidation sites excluding steroid dienone is 1. The highest BCUT2D eigenvalue weighted by molar-refractivity contribution is 7.46. The number of phosphoric ester groups is 3. The molecule has 0 aromatic carbocycles. The van der Waals surface area contributed by atoms with Crippen LogP contribution in [0.4, 0.5) is 17.7 Å². The number of nitrogen functional groups attached to an aromatic ring is 3. The van der Waals surface area contributed by atoms with Gasteiger partial charge in [-0.05, 0) is 18.4 Å². The van der Waals surface area contributed by atoms with E-state index in [1.54, 1.807) is 4.90 Å². The number of likely N-dealkylation sites (tertiary alicyclic amines) is 1. The number of H-pyrrole nitrogens is 2. The highest BCUT2D eigenvalue weighted by Gasteiger charge is 2.51. The van der Waals surface area contributed by atoms with Crippen LogP contribution in [0.3, 0.4) is 0 Å². The molecule has 1 aliphatic carbocycles. The van der Waals surface area contributed by atoms with Crippen molar-refractivity contribution in [1.29, 1.82) is 0 Å². The van der Waals surface area contributed by atoms with Crippen LogP contribution in [0.15, 0.2) is 34.6 Å². The summed E-state index contributed by atoms with van der Waals surface area (Å²) in [7, 11) is -13.8. The number of rotatable bonds is 23. The van der Waals surface area contributed by atoms with Crippen molar-refractivity contribution in [3.8, 4) is 0 Å². The highest BCUT2D eigenvalue weighted by atomic mass is 31.2. The fourth-order valence-electron chi connectivity index (χ4n) is 9.25. The molecular weight excluding hydrogens is 1070 g/mol. The lowest BCUT2D eigenvalue weighted by molar-refractivity contribution is -0.237. The predicted octanol–water partition coefficient (Wildman–Crippen LogP) is -3.83. The Bertz CT molecular complexity index is 3200. The molecule has 4 aliphatic rings. The van der Waals surface area contributed by atoms with Crippen LogP contribution in [-0.4, -0.2) is 174 Å². The van der Waals surface area contributed by atoms with Crippen LogP contribution in [0.2, 0.25) is 0 Å². The summed E-state index contributed by atoms with van der Waals surface area (Å²) in [5, 5.41) is 19.5. The number of fused-ring (bicyclic) bond motifs is 3. The van der Waals surface area contributed by atoms with E-state index in [1.165, 1.54) is 36.0 Å². The Kier molecular flexibility index (Phi) is 16.2. The summed E-state index contributed by atoms with van der Waals surface area (Å²) < 4.78 is 98.5. The molecule has 0 saturated carbocycles. The Morgan fingerprint density at radius 3 is 1.89 bits per heavy atom. The first-order chi connectivity index (χ1) is 35.7. The van der Waals surface area contributed by atoms with Crippen LogP contribution < -0.4 is 43.0 Å². The van der Waals surface area contributed by atoms with E-state index in [0.717, 1.165) is 6.33 Å². The molecule has 75 heavy (non-hydrogen) atoms. The molecule has 37 heteroatoms. The number of nitrogens with zero attached hydrogens (tertiary/aromatic N) is 9. The minimum atomic E-state index is -5.52. The van der Waals surface area contributed by atoms with Crippen molar-refractivity contribution in [3.05, 3.63) is 57.0 Å². The van der Waals surface area contributed by atoms with Crippen molar-refractivity contribution in [2.24, 2.45) is 5.92 Å². The van der Waals surface area contributed by atoms with Crippen LogP contribution in [0.1, 0.15) is 30.1 Å². The zero-order valence-corrected chi connectivity index (χ0v) is 42.2. The minimum Gasteiger partial charge on any atom is -0.756 e. The lowest BCUT2D eigenvalue weighted by Crippen LogP contribution is -2.39. The second-order valence-electron chi connectivity index (χ2n) is 17.4. The van der Waals surface area contributed by atoms with Gasteiger partial charge in [0.1, 0.15) is 48.8 Å². The number of hydrogen-bond donors (Lipinski definition) is 7. The summed E-state index contributed by atoms with van der Waals surface area (Å²) in [6, 6.07) is 0. The molecule has 3 saturated heterocycles. The fourth-order valence-corrected chi connectivity index (χ4v) is 12.2. The molecule has 13 atom stereocenters. The van der Waals surface area contributed by atoms with E-state index in [0.29, 0.717) is 23.3 Å². The van der Waals surface area contributed by atoms with Gasteiger partial charge in [-0.15, -0.1) is 0 Å². The van der Waals surface area contributed by atoms with Crippen molar-refractivity contribution < 1.29 is 84.7 Å². The van der Waals surface area contributed by atoms with Gasteiger partial charge in [0.2, 0.25) is 11.9 Å². The summed E-state index contributed by atoms with van der Waals surface area (Å²) in [4.78, 5) is 96.9. The zero-order chi connectivity index (χ0) is 53.6. The molecule has 3 aliphatic heterocycles. The van der Waals surface area contributed by atoms with Crippen LogP contribution in [0.5, 0.6) is 0 Å². The molecule has 8 heterocycles. The summed E-state index contributed by atoms with van der Waals surface area (Å²) in [5.41, 5.74) is 17.7. The Balaban J connectivity index is 0.930. The van der Waals surface area contributed by atoms with E-state index in [4.69, 9.17) is 63.3 Å². The Labute approximate surface area is 421 Å². The van der Waals surface area contributed by atoms with Gasteiger partial charge in [-0.1, -0.05) is 6.08 Å². The average molecular weight is 1120 g/mol. The molecule has 0 radical (unpaired) electrons. The number of aliphatic hydroxyl groups is 2. The van der Waals surface area contributed by atoms with Gasteiger partial charge in [0.15, 0.2) is 34.8 Å². The van der Waals surface area contributed by atoms with Gasteiger partial charge in [-0.3, -0.25) is 47.3 Å². The molecular formula is C38H50N14O20P3-3. The van der Waals surface area contributed by atoms with Crippen molar-refractivity contribution in [2.45, 2.75) is 68.0 Å². The fraction of sp³-hybridized carbons (Fsp3) is 0.579. The van der Waals surface area contributed by atoms with Gasteiger partial charge in [-0.25, -0.2) is 19.9 Å². The number of imidazole rings is 2. The van der Waals surface area contributed by atoms with Gasteiger partial charge in [0, 0.05) is 51.9 Å². The first-order valence-corrected chi connectivity index (χ1v) is 27.1. The predicted molar refractivity (Wildman–Crippen MR) is 247 cm³/mol. The average Bonchev–Trinajstić information content (AvgIpc) is 4.23. The van der Waals surface area contributed by atoms with Crippen molar-refractivity contribution in [3.63, 3.8) is 0 Å². The second-order valence-corrected chi connectivity index (χ2v) is 21.5. The highest BCUT2D eigenvalue weighted by Crippen LogP contribution is 2.50. The van der Waals surface area contributed by atoms with Crippen molar-refractivity contribution >= 4 is 69.1 Å². The molecule has 5 aromatic heterocycles. The molecule has 5 aromatic rings. The van der Waals surface area contributed by atoms with Crippen LogP contribution in [0, 0.1) is 5.92 Å². The monoisotopic (exact) mass is 1120 g/mol. The third kappa shape index (κ3) is 11.6. The maximum Gasteiger partial charge on any atom is 0.280 e. The summed E-state index contributed by atoms with van der Waals surface area (Å²) >= 11 is 0. The third-order valence-corrected chi connectivity index (χ3v) is 15.6.